The van der Waals surface area contributed by atoms with Gasteiger partial charge in [0.25, 0.3) is 0 Å². The predicted octanol–water partition coefficient (Wildman–Crippen LogP) is 2.04. The van der Waals surface area contributed by atoms with Gasteiger partial charge in [-0.25, -0.2) is 9.69 Å². The first-order valence-electron chi connectivity index (χ1n) is 5.59. The molecule has 1 saturated heterocycles. The maximum atomic E-state index is 11.9. The van der Waals surface area contributed by atoms with Crippen molar-refractivity contribution >= 4 is 34.1 Å². The van der Waals surface area contributed by atoms with E-state index in [-0.39, 0.29) is 22.6 Å². The lowest BCUT2D eigenvalue weighted by Gasteiger charge is -2.26. The van der Waals surface area contributed by atoms with Gasteiger partial charge in [0.05, 0.1) is 0 Å². The van der Waals surface area contributed by atoms with Crippen molar-refractivity contribution in [3.05, 3.63) is 16.5 Å². The fourth-order valence-electron chi connectivity index (χ4n) is 2.02. The number of aryl methyl sites for hydroxylation is 1. The zero-order chi connectivity index (χ0) is 13.4. The number of imide groups is 1. The standard InChI is InChI=1S/C12H13NO4S/c1-6-3-8(14)13(9(15)4-6)10-5-7(2)11(18-10)12(16)17/h5-6H,3-4H2,1-2H3,(H,16,17). The number of thiophene rings is 1. The molecule has 0 aromatic carbocycles. The highest BCUT2D eigenvalue weighted by atomic mass is 32.1. The molecule has 2 heterocycles. The van der Waals surface area contributed by atoms with Crippen molar-refractivity contribution in [2.45, 2.75) is 26.7 Å². The Labute approximate surface area is 108 Å². The van der Waals surface area contributed by atoms with Gasteiger partial charge in [-0.15, -0.1) is 11.3 Å². The number of amides is 2. The zero-order valence-electron chi connectivity index (χ0n) is 10.1. The Hall–Kier alpha value is -1.69. The molecule has 1 aromatic heterocycles. The van der Waals surface area contributed by atoms with E-state index in [4.69, 9.17) is 5.11 Å². The number of carbonyl (C=O) groups excluding carboxylic acids is 2. The fraction of sp³-hybridized carbons (Fsp3) is 0.417. The number of anilines is 1. The van der Waals surface area contributed by atoms with Crippen molar-refractivity contribution < 1.29 is 19.5 Å². The first-order valence-corrected chi connectivity index (χ1v) is 6.41. The lowest BCUT2D eigenvalue weighted by Crippen LogP contribution is -2.42. The van der Waals surface area contributed by atoms with Gasteiger partial charge < -0.3 is 5.11 Å². The summed E-state index contributed by atoms with van der Waals surface area (Å²) < 4.78 is 0. The van der Waals surface area contributed by atoms with Crippen LogP contribution in [0, 0.1) is 12.8 Å². The van der Waals surface area contributed by atoms with E-state index in [1.54, 1.807) is 13.0 Å². The Morgan fingerprint density at radius 1 is 1.39 bits per heavy atom. The molecule has 1 aliphatic rings. The highest BCUT2D eigenvalue weighted by Gasteiger charge is 2.33. The summed E-state index contributed by atoms with van der Waals surface area (Å²) in [7, 11) is 0. The van der Waals surface area contributed by atoms with E-state index in [0.717, 1.165) is 16.2 Å². The van der Waals surface area contributed by atoms with E-state index in [1.807, 2.05) is 6.92 Å². The van der Waals surface area contributed by atoms with Crippen LogP contribution < -0.4 is 4.90 Å². The third kappa shape index (κ3) is 2.15. The van der Waals surface area contributed by atoms with Crippen molar-refractivity contribution in [2.24, 2.45) is 5.92 Å². The van der Waals surface area contributed by atoms with Gasteiger partial charge in [-0.2, -0.15) is 0 Å². The molecule has 2 amide bonds. The van der Waals surface area contributed by atoms with Gasteiger partial charge in [0.1, 0.15) is 9.88 Å². The summed E-state index contributed by atoms with van der Waals surface area (Å²) in [5.41, 5.74) is 0.571. The van der Waals surface area contributed by atoms with Crippen LogP contribution in [0.15, 0.2) is 6.07 Å². The van der Waals surface area contributed by atoms with Gasteiger partial charge in [-0.3, -0.25) is 9.59 Å². The molecule has 0 bridgehead atoms. The summed E-state index contributed by atoms with van der Waals surface area (Å²) >= 11 is 0.968. The lowest BCUT2D eigenvalue weighted by molar-refractivity contribution is -0.130. The van der Waals surface area contributed by atoms with Crippen LogP contribution >= 0.6 is 11.3 Å². The summed E-state index contributed by atoms with van der Waals surface area (Å²) in [6, 6.07) is 1.58. The molecule has 0 saturated carbocycles. The van der Waals surface area contributed by atoms with Crippen molar-refractivity contribution in [1.29, 1.82) is 0 Å². The van der Waals surface area contributed by atoms with Crippen molar-refractivity contribution in [1.82, 2.24) is 0 Å². The minimum Gasteiger partial charge on any atom is -0.477 e. The predicted molar refractivity (Wildman–Crippen MR) is 66.9 cm³/mol. The SMILES string of the molecule is Cc1cc(N2C(=O)CC(C)CC2=O)sc1C(=O)O. The second-order valence-electron chi connectivity index (χ2n) is 4.54. The number of hydrogen-bond donors (Lipinski definition) is 1. The number of aromatic carboxylic acids is 1. The van der Waals surface area contributed by atoms with Gasteiger partial charge in [-0.1, -0.05) is 6.92 Å². The summed E-state index contributed by atoms with van der Waals surface area (Å²) in [6.45, 7) is 3.51. The normalized spacial score (nSPS) is 17.3. The number of piperidine rings is 1. The average Bonchev–Trinajstić information content (AvgIpc) is 2.58. The molecule has 0 aliphatic carbocycles. The Balaban J connectivity index is 2.36. The largest absolute Gasteiger partial charge is 0.477 e. The monoisotopic (exact) mass is 267 g/mol. The van der Waals surface area contributed by atoms with Crippen LogP contribution in [0.5, 0.6) is 0 Å². The van der Waals surface area contributed by atoms with Crippen LogP contribution in [0.1, 0.15) is 35.0 Å². The minimum absolute atomic E-state index is 0.0567. The molecule has 1 aromatic rings. The zero-order valence-corrected chi connectivity index (χ0v) is 10.9. The molecular weight excluding hydrogens is 254 g/mol. The van der Waals surface area contributed by atoms with Crippen LogP contribution in [-0.4, -0.2) is 22.9 Å². The maximum Gasteiger partial charge on any atom is 0.346 e. The molecule has 6 heteroatoms. The molecule has 2 rings (SSSR count). The van der Waals surface area contributed by atoms with E-state index in [0.29, 0.717) is 23.4 Å². The molecule has 0 atom stereocenters. The minimum atomic E-state index is -1.03. The Kier molecular flexibility index (Phi) is 3.21. The quantitative estimate of drug-likeness (QED) is 0.832. The molecule has 0 radical (unpaired) electrons. The smallest absolute Gasteiger partial charge is 0.346 e. The first kappa shape index (κ1) is 12.8. The Morgan fingerprint density at radius 2 is 1.94 bits per heavy atom. The third-order valence-electron chi connectivity index (χ3n) is 2.86. The van der Waals surface area contributed by atoms with Crippen LogP contribution in [0.4, 0.5) is 5.00 Å². The molecular formula is C12H13NO4S. The molecule has 18 heavy (non-hydrogen) atoms. The molecule has 0 spiro atoms. The van der Waals surface area contributed by atoms with E-state index < -0.39 is 5.97 Å². The molecule has 1 aliphatic heterocycles. The van der Waals surface area contributed by atoms with E-state index in [9.17, 15) is 14.4 Å². The van der Waals surface area contributed by atoms with Gasteiger partial charge in [0.15, 0.2) is 0 Å². The summed E-state index contributed by atoms with van der Waals surface area (Å²) in [5, 5.41) is 9.38. The number of carboxylic acid groups (broad SMARTS) is 1. The number of nitrogens with zero attached hydrogens (tertiary/aromatic N) is 1. The molecule has 5 nitrogen and oxygen atoms in total. The molecule has 1 fully saturated rings. The second-order valence-corrected chi connectivity index (χ2v) is 5.57. The van der Waals surface area contributed by atoms with Crippen LogP contribution in [0.2, 0.25) is 0 Å². The van der Waals surface area contributed by atoms with Crippen molar-refractivity contribution in [2.75, 3.05) is 4.90 Å². The van der Waals surface area contributed by atoms with Crippen molar-refractivity contribution in [3.63, 3.8) is 0 Å². The fourth-order valence-corrected chi connectivity index (χ4v) is 3.07. The Bertz CT molecular complexity index is 516. The average molecular weight is 267 g/mol. The molecule has 1 N–H and O–H groups in total. The highest BCUT2D eigenvalue weighted by molar-refractivity contribution is 7.18. The second kappa shape index (κ2) is 4.53. The number of rotatable bonds is 2. The molecule has 96 valence electrons. The Morgan fingerprint density at radius 3 is 2.39 bits per heavy atom. The number of carboxylic acids is 1. The number of carbonyl (C=O) groups is 3. The third-order valence-corrected chi connectivity index (χ3v) is 4.07. The first-order chi connectivity index (χ1) is 8.40. The summed E-state index contributed by atoms with van der Waals surface area (Å²) in [6.07, 6.45) is 0.649. The van der Waals surface area contributed by atoms with Gasteiger partial charge >= 0.3 is 5.97 Å². The van der Waals surface area contributed by atoms with E-state index in [1.165, 1.54) is 0 Å². The van der Waals surface area contributed by atoms with E-state index in [2.05, 4.69) is 0 Å². The van der Waals surface area contributed by atoms with Crippen LogP contribution in [-0.2, 0) is 9.59 Å². The van der Waals surface area contributed by atoms with Crippen molar-refractivity contribution in [3.8, 4) is 0 Å². The highest BCUT2D eigenvalue weighted by Crippen LogP contribution is 2.33. The number of hydrogen-bond acceptors (Lipinski definition) is 4. The van der Waals surface area contributed by atoms with Crippen LogP contribution in [0.3, 0.4) is 0 Å². The topological polar surface area (TPSA) is 74.7 Å². The van der Waals surface area contributed by atoms with Gasteiger partial charge in [0.2, 0.25) is 11.8 Å². The van der Waals surface area contributed by atoms with Gasteiger partial charge in [0, 0.05) is 12.8 Å². The maximum absolute atomic E-state index is 11.9. The molecule has 0 unspecified atom stereocenters. The lowest BCUT2D eigenvalue weighted by atomic mass is 9.98. The van der Waals surface area contributed by atoms with Gasteiger partial charge in [-0.05, 0) is 24.5 Å². The summed E-state index contributed by atoms with van der Waals surface area (Å²) in [5.74, 6) is -1.48. The summed E-state index contributed by atoms with van der Waals surface area (Å²) in [4.78, 5) is 36.0. The van der Waals surface area contributed by atoms with Crippen LogP contribution in [0.25, 0.3) is 0 Å². The van der Waals surface area contributed by atoms with E-state index >= 15 is 0 Å².